The summed E-state index contributed by atoms with van der Waals surface area (Å²) < 4.78 is 32.2. The van der Waals surface area contributed by atoms with Crippen molar-refractivity contribution in [1.82, 2.24) is 4.98 Å². The molecule has 2 aromatic carbocycles. The molecule has 0 fully saturated rings. The van der Waals surface area contributed by atoms with Gasteiger partial charge in [0.25, 0.3) is 6.01 Å². The maximum atomic E-state index is 13.7. The molecule has 116 valence electrons. The number of halogens is 2. The Hall–Kier alpha value is -2.95. The molecular weight excluding hydrogens is 298 g/mol. The van der Waals surface area contributed by atoms with Crippen molar-refractivity contribution < 1.29 is 13.2 Å². The summed E-state index contributed by atoms with van der Waals surface area (Å²) in [7, 11) is 0. The Morgan fingerprint density at radius 3 is 2.70 bits per heavy atom. The zero-order valence-corrected chi connectivity index (χ0v) is 12.4. The summed E-state index contributed by atoms with van der Waals surface area (Å²) in [5.41, 5.74) is 1.86. The monoisotopic (exact) mass is 312 g/mol. The van der Waals surface area contributed by atoms with Crippen molar-refractivity contribution in [2.75, 3.05) is 5.32 Å². The number of oxazole rings is 1. The Morgan fingerprint density at radius 1 is 1.17 bits per heavy atom. The summed E-state index contributed by atoms with van der Waals surface area (Å²) in [6.07, 6.45) is 2.96. The van der Waals surface area contributed by atoms with Crippen LogP contribution < -0.4 is 5.32 Å². The van der Waals surface area contributed by atoms with Crippen LogP contribution in [0, 0.1) is 5.82 Å². The van der Waals surface area contributed by atoms with E-state index >= 15 is 0 Å². The molecule has 5 heteroatoms. The van der Waals surface area contributed by atoms with Crippen LogP contribution in [0.5, 0.6) is 0 Å². The van der Waals surface area contributed by atoms with Crippen LogP contribution in [-0.4, -0.2) is 4.98 Å². The summed E-state index contributed by atoms with van der Waals surface area (Å²) in [6.45, 7) is 1.64. The molecule has 1 aromatic heterocycles. The van der Waals surface area contributed by atoms with Gasteiger partial charge in [-0.2, -0.15) is 0 Å². The van der Waals surface area contributed by atoms with E-state index in [1.807, 2.05) is 6.07 Å². The second kappa shape index (κ2) is 6.44. The highest BCUT2D eigenvalue weighted by molar-refractivity contribution is 5.67. The summed E-state index contributed by atoms with van der Waals surface area (Å²) in [6, 6.07) is 13.1. The van der Waals surface area contributed by atoms with Gasteiger partial charge >= 0.3 is 0 Å². The average molecular weight is 312 g/mol. The molecule has 0 saturated heterocycles. The van der Waals surface area contributed by atoms with E-state index in [1.165, 1.54) is 18.2 Å². The summed E-state index contributed by atoms with van der Waals surface area (Å²) in [4.78, 5) is 4.13. The van der Waals surface area contributed by atoms with Crippen molar-refractivity contribution in [1.29, 1.82) is 0 Å². The van der Waals surface area contributed by atoms with E-state index in [9.17, 15) is 8.78 Å². The first-order chi connectivity index (χ1) is 11.2. The van der Waals surface area contributed by atoms with Crippen LogP contribution in [-0.2, 0) is 0 Å². The van der Waals surface area contributed by atoms with Crippen molar-refractivity contribution in [3.8, 4) is 11.3 Å². The molecule has 0 aliphatic rings. The molecule has 0 amide bonds. The standard InChI is InChI=1S/C18H14F2N2O/c1-2-16(20)12-4-3-5-13(10-12)17-11-21-18(23-17)22-15-8-6-14(19)7-9-15/h2-11H,1H3,(H,21,22)/b16-2-. The quantitative estimate of drug-likeness (QED) is 0.686. The van der Waals surface area contributed by atoms with Crippen LogP contribution in [0.1, 0.15) is 12.5 Å². The van der Waals surface area contributed by atoms with Gasteiger partial charge in [0, 0.05) is 16.8 Å². The molecule has 23 heavy (non-hydrogen) atoms. The molecule has 0 bridgehead atoms. The van der Waals surface area contributed by atoms with E-state index in [0.717, 1.165) is 5.56 Å². The van der Waals surface area contributed by atoms with E-state index < -0.39 is 0 Å². The fourth-order valence-corrected chi connectivity index (χ4v) is 2.11. The number of benzene rings is 2. The number of aromatic nitrogens is 1. The van der Waals surface area contributed by atoms with Crippen LogP contribution in [0.4, 0.5) is 20.5 Å². The highest BCUT2D eigenvalue weighted by atomic mass is 19.1. The Balaban J connectivity index is 1.83. The molecule has 0 aliphatic heterocycles. The highest BCUT2D eigenvalue weighted by Gasteiger charge is 2.08. The van der Waals surface area contributed by atoms with Crippen LogP contribution in [0.2, 0.25) is 0 Å². The lowest BCUT2D eigenvalue weighted by Crippen LogP contribution is -1.89. The van der Waals surface area contributed by atoms with Crippen LogP contribution in [0.15, 0.2) is 65.2 Å². The van der Waals surface area contributed by atoms with Gasteiger partial charge in [-0.05, 0) is 37.3 Å². The predicted molar refractivity (Wildman–Crippen MR) is 86.4 cm³/mol. The number of nitrogens with zero attached hydrogens (tertiary/aromatic N) is 1. The van der Waals surface area contributed by atoms with Crippen LogP contribution in [0.25, 0.3) is 17.2 Å². The topological polar surface area (TPSA) is 38.1 Å². The second-order valence-corrected chi connectivity index (χ2v) is 4.88. The van der Waals surface area contributed by atoms with E-state index in [1.54, 1.807) is 43.5 Å². The fraction of sp³-hybridized carbons (Fsp3) is 0.0556. The lowest BCUT2D eigenvalue weighted by atomic mass is 10.1. The third-order valence-electron chi connectivity index (χ3n) is 3.28. The number of allylic oxidation sites excluding steroid dienone is 1. The fourth-order valence-electron chi connectivity index (χ4n) is 2.11. The first-order valence-electron chi connectivity index (χ1n) is 7.07. The molecule has 3 rings (SSSR count). The van der Waals surface area contributed by atoms with Gasteiger partial charge in [0.1, 0.15) is 11.6 Å². The SMILES string of the molecule is C/C=C(\F)c1cccc(-c2cnc(Nc3ccc(F)cc3)o2)c1. The van der Waals surface area contributed by atoms with Gasteiger partial charge in [-0.3, -0.25) is 0 Å². The Morgan fingerprint density at radius 2 is 1.96 bits per heavy atom. The molecule has 0 aliphatic carbocycles. The summed E-state index contributed by atoms with van der Waals surface area (Å²) >= 11 is 0. The Labute approximate surface area is 132 Å². The lowest BCUT2D eigenvalue weighted by Gasteiger charge is -2.02. The van der Waals surface area contributed by atoms with Crippen molar-refractivity contribution in [3.05, 3.63) is 72.2 Å². The van der Waals surface area contributed by atoms with Crippen molar-refractivity contribution in [2.45, 2.75) is 6.92 Å². The highest BCUT2D eigenvalue weighted by Crippen LogP contribution is 2.27. The van der Waals surface area contributed by atoms with E-state index in [2.05, 4.69) is 10.3 Å². The predicted octanol–water partition coefficient (Wildman–Crippen LogP) is 5.55. The number of rotatable bonds is 4. The first kappa shape index (κ1) is 15.0. The third-order valence-corrected chi connectivity index (χ3v) is 3.28. The van der Waals surface area contributed by atoms with E-state index in [-0.39, 0.29) is 17.7 Å². The molecule has 3 aromatic rings. The average Bonchev–Trinajstić information content (AvgIpc) is 3.05. The van der Waals surface area contributed by atoms with Crippen molar-refractivity contribution in [2.24, 2.45) is 0 Å². The maximum Gasteiger partial charge on any atom is 0.299 e. The third kappa shape index (κ3) is 3.45. The lowest BCUT2D eigenvalue weighted by molar-refractivity contribution is 0.592. The number of nitrogens with one attached hydrogen (secondary N) is 1. The van der Waals surface area contributed by atoms with Crippen LogP contribution in [0.3, 0.4) is 0 Å². The Bertz CT molecular complexity index is 838. The summed E-state index contributed by atoms with van der Waals surface area (Å²) in [5.74, 6) is -0.0946. The molecular formula is C18H14F2N2O. The molecule has 0 atom stereocenters. The van der Waals surface area contributed by atoms with Crippen molar-refractivity contribution >= 4 is 17.5 Å². The van der Waals surface area contributed by atoms with Gasteiger partial charge in [0.15, 0.2) is 5.76 Å². The first-order valence-corrected chi connectivity index (χ1v) is 7.07. The normalized spacial score (nSPS) is 11.5. The number of anilines is 2. The molecule has 0 radical (unpaired) electrons. The molecule has 0 saturated carbocycles. The molecule has 1 N–H and O–H groups in total. The zero-order valence-electron chi connectivity index (χ0n) is 12.4. The largest absolute Gasteiger partial charge is 0.423 e. The van der Waals surface area contributed by atoms with Gasteiger partial charge in [-0.1, -0.05) is 24.3 Å². The minimum absolute atomic E-state index is 0.281. The van der Waals surface area contributed by atoms with E-state index in [4.69, 9.17) is 4.42 Å². The minimum atomic E-state index is -0.313. The molecule has 1 heterocycles. The maximum absolute atomic E-state index is 13.7. The molecule has 3 nitrogen and oxygen atoms in total. The van der Waals surface area contributed by atoms with Crippen molar-refractivity contribution in [3.63, 3.8) is 0 Å². The summed E-state index contributed by atoms with van der Waals surface area (Å²) in [5, 5.41) is 2.94. The molecule has 0 spiro atoms. The van der Waals surface area contributed by atoms with Gasteiger partial charge in [-0.25, -0.2) is 13.8 Å². The van der Waals surface area contributed by atoms with Crippen LogP contribution >= 0.6 is 0 Å². The van der Waals surface area contributed by atoms with E-state index in [0.29, 0.717) is 17.0 Å². The van der Waals surface area contributed by atoms with Gasteiger partial charge in [0.05, 0.1) is 6.20 Å². The minimum Gasteiger partial charge on any atom is -0.423 e. The molecule has 0 unspecified atom stereocenters. The Kier molecular flexibility index (Phi) is 4.19. The van der Waals surface area contributed by atoms with Gasteiger partial charge < -0.3 is 9.73 Å². The van der Waals surface area contributed by atoms with Gasteiger partial charge in [-0.15, -0.1) is 0 Å². The smallest absolute Gasteiger partial charge is 0.299 e. The zero-order chi connectivity index (χ0) is 16.2. The number of hydrogen-bond donors (Lipinski definition) is 1. The second-order valence-electron chi connectivity index (χ2n) is 4.88. The van der Waals surface area contributed by atoms with Gasteiger partial charge in [0.2, 0.25) is 0 Å². The number of hydrogen-bond acceptors (Lipinski definition) is 3.